The quantitative estimate of drug-likeness (QED) is 0.0520. The Labute approximate surface area is 311 Å². The molecular weight excluding hydrogens is 700 g/mol. The first kappa shape index (κ1) is 42.1. The fourth-order valence-electron chi connectivity index (χ4n) is 5.95. The molecule has 0 N–H and O–H groups in total. The molecule has 0 bridgehead atoms. The summed E-state index contributed by atoms with van der Waals surface area (Å²) in [4.78, 5) is 97.4. The van der Waals surface area contributed by atoms with E-state index in [4.69, 9.17) is 4.74 Å². The summed E-state index contributed by atoms with van der Waals surface area (Å²) >= 11 is 0. The number of hydrogen-bond donors (Lipinski definition) is 0. The maximum absolute atomic E-state index is 13.5. The fourth-order valence-corrected chi connectivity index (χ4v) is 5.95. The average Bonchev–Trinajstić information content (AvgIpc) is 3.20. The average molecular weight is 743 g/mol. The van der Waals surface area contributed by atoms with Crippen LogP contribution in [0.25, 0.3) is 43.1 Å². The Bertz CT molecular complexity index is 2170. The monoisotopic (exact) mass is 742 g/mol. The Morgan fingerprint density at radius 1 is 0.648 bits per heavy atom. The summed E-state index contributed by atoms with van der Waals surface area (Å²) in [6.45, 7) is 2.80. The van der Waals surface area contributed by atoms with Gasteiger partial charge in [-0.2, -0.15) is 0 Å². The van der Waals surface area contributed by atoms with Gasteiger partial charge in [-0.3, -0.25) is 38.5 Å². The van der Waals surface area contributed by atoms with Crippen molar-refractivity contribution in [3.05, 3.63) is 70.8 Å². The van der Waals surface area contributed by atoms with Gasteiger partial charge in [0, 0.05) is 67.1 Å². The van der Waals surface area contributed by atoms with Gasteiger partial charge in [0.05, 0.1) is 21.3 Å². The highest BCUT2D eigenvalue weighted by atomic mass is 16.5. The third kappa shape index (κ3) is 8.34. The first-order chi connectivity index (χ1) is 25.8. The molecule has 1 aliphatic rings. The molecule has 0 radical (unpaired) electrons. The van der Waals surface area contributed by atoms with E-state index in [0.717, 1.165) is 32.7 Å². The lowest BCUT2D eigenvalue weighted by atomic mass is 9.83. The molecule has 1 aliphatic heterocycles. The minimum absolute atomic E-state index is 0.157. The minimum atomic E-state index is -0.713. The van der Waals surface area contributed by atoms with Crippen molar-refractivity contribution in [3.8, 4) is 0 Å². The van der Waals surface area contributed by atoms with Crippen LogP contribution in [-0.2, 0) is 38.1 Å². The molecule has 1 heterocycles. The summed E-state index contributed by atoms with van der Waals surface area (Å²) in [6, 6.07) is 13.6. The molecule has 5 aromatic rings. The van der Waals surface area contributed by atoms with E-state index in [9.17, 15) is 38.4 Å². The largest absolute Gasteiger partial charge is 0.469 e. The van der Waals surface area contributed by atoms with E-state index in [-0.39, 0.29) is 29.2 Å². The number of likely N-dealkylation sites (N-methyl/N-ethyl adjacent to an activating group) is 1. The SMILES string of the molecule is CCC(=O)OC.CCC=O.COC.COC(=O)CN(C)C(=O)c1ccc2c3ccc4c5c(ccc(c6ccc(C=O)c1c62)c53)C(=O)N(CC(=O)OC)C4=O. The summed E-state index contributed by atoms with van der Waals surface area (Å²) in [5.41, 5.74) is 1.12. The van der Waals surface area contributed by atoms with Crippen molar-refractivity contribution in [3.63, 3.8) is 0 Å². The zero-order valence-electron chi connectivity index (χ0n) is 31.4. The molecule has 6 rings (SSSR count). The van der Waals surface area contributed by atoms with Gasteiger partial charge in [0.1, 0.15) is 19.4 Å². The topological polar surface area (TPSA) is 180 Å². The van der Waals surface area contributed by atoms with Crippen molar-refractivity contribution in [1.29, 1.82) is 0 Å². The highest BCUT2D eigenvalue weighted by molar-refractivity contribution is 6.39. The number of esters is 3. The van der Waals surface area contributed by atoms with Gasteiger partial charge in [-0.15, -0.1) is 0 Å². The number of fused-ring (bicyclic) bond motifs is 2. The van der Waals surface area contributed by atoms with Gasteiger partial charge < -0.3 is 28.6 Å². The summed E-state index contributed by atoms with van der Waals surface area (Å²) < 4.78 is 17.9. The molecule has 5 aromatic carbocycles. The maximum atomic E-state index is 13.5. The molecule has 3 amide bonds. The van der Waals surface area contributed by atoms with E-state index < -0.39 is 36.2 Å². The Hall–Kier alpha value is -6.28. The van der Waals surface area contributed by atoms with E-state index in [1.54, 1.807) is 69.7 Å². The van der Waals surface area contributed by atoms with Crippen LogP contribution < -0.4 is 0 Å². The van der Waals surface area contributed by atoms with E-state index in [1.807, 2.05) is 6.92 Å². The van der Waals surface area contributed by atoms with E-state index in [2.05, 4.69) is 14.2 Å². The summed E-state index contributed by atoms with van der Waals surface area (Å²) in [6.07, 6.45) is 2.67. The molecular formula is C40H42N2O12. The van der Waals surface area contributed by atoms with Crippen LogP contribution >= 0.6 is 0 Å². The molecule has 0 saturated heterocycles. The molecule has 14 nitrogen and oxygen atoms in total. The third-order valence-electron chi connectivity index (χ3n) is 8.38. The Morgan fingerprint density at radius 3 is 1.50 bits per heavy atom. The van der Waals surface area contributed by atoms with Crippen molar-refractivity contribution in [2.75, 3.05) is 55.7 Å². The molecule has 0 unspecified atom stereocenters. The fraction of sp³-hybridized carbons (Fsp3) is 0.300. The summed E-state index contributed by atoms with van der Waals surface area (Å²) in [5.74, 6) is -3.11. The van der Waals surface area contributed by atoms with E-state index in [1.165, 1.54) is 33.3 Å². The minimum Gasteiger partial charge on any atom is -0.469 e. The number of hydrogen-bond acceptors (Lipinski definition) is 12. The van der Waals surface area contributed by atoms with Crippen LogP contribution in [0, 0.1) is 0 Å². The van der Waals surface area contributed by atoms with Gasteiger partial charge in [0.2, 0.25) is 0 Å². The highest BCUT2D eigenvalue weighted by Crippen LogP contribution is 2.45. The van der Waals surface area contributed by atoms with Crippen LogP contribution in [0.5, 0.6) is 0 Å². The Kier molecular flexibility index (Phi) is 14.8. The first-order valence-electron chi connectivity index (χ1n) is 16.7. The first-order valence-corrected chi connectivity index (χ1v) is 16.7. The Morgan fingerprint density at radius 2 is 1.09 bits per heavy atom. The van der Waals surface area contributed by atoms with Crippen LogP contribution in [0.4, 0.5) is 0 Å². The number of carbonyl (C=O) groups excluding carboxylic acids is 8. The van der Waals surface area contributed by atoms with Crippen LogP contribution in [0.1, 0.15) is 68.1 Å². The number of imide groups is 1. The van der Waals surface area contributed by atoms with Gasteiger partial charge in [-0.1, -0.05) is 44.2 Å². The van der Waals surface area contributed by atoms with Crippen LogP contribution in [0.3, 0.4) is 0 Å². The molecule has 0 aromatic heterocycles. The molecule has 0 aliphatic carbocycles. The van der Waals surface area contributed by atoms with Gasteiger partial charge in [-0.05, 0) is 50.5 Å². The standard InChI is InChI=1S/C31H22N2O8.C4H8O2.C3H6O.C2H6O/c1-32(12-23(35)40-2)29(37)20-9-6-17-19-8-11-22-28-21(30(38)33(31(22)39)13-24(36)41-3)10-7-18(27(19)28)16-5-4-15(14-34)25(20)26(16)17;1-3-4(5)6-2;1-2-3-4;1-3-2/h4-11,14H,12-13H2,1-3H3;3H2,1-2H3;3H,2H2,1H3;1-2H3. The van der Waals surface area contributed by atoms with Crippen molar-refractivity contribution in [2.24, 2.45) is 0 Å². The second kappa shape index (κ2) is 19.0. The maximum Gasteiger partial charge on any atom is 0.325 e. The van der Waals surface area contributed by atoms with Crippen LogP contribution in [0.15, 0.2) is 48.5 Å². The second-order valence-corrected chi connectivity index (χ2v) is 11.7. The molecule has 0 fully saturated rings. The van der Waals surface area contributed by atoms with Gasteiger partial charge in [0.25, 0.3) is 17.7 Å². The second-order valence-electron chi connectivity index (χ2n) is 11.7. The number of amides is 3. The van der Waals surface area contributed by atoms with Crippen LogP contribution in [0.2, 0.25) is 0 Å². The number of rotatable bonds is 8. The molecule has 0 saturated carbocycles. The molecule has 0 atom stereocenters. The van der Waals surface area contributed by atoms with Gasteiger partial charge in [-0.25, -0.2) is 0 Å². The van der Waals surface area contributed by atoms with Gasteiger partial charge in [0.15, 0.2) is 6.29 Å². The van der Waals surface area contributed by atoms with E-state index in [0.29, 0.717) is 46.2 Å². The molecule has 0 spiro atoms. The number of aldehydes is 2. The molecule has 54 heavy (non-hydrogen) atoms. The summed E-state index contributed by atoms with van der Waals surface area (Å²) in [5, 5.41) is 5.17. The van der Waals surface area contributed by atoms with Crippen molar-refractivity contribution in [2.45, 2.75) is 26.7 Å². The predicted molar refractivity (Wildman–Crippen MR) is 201 cm³/mol. The van der Waals surface area contributed by atoms with Crippen molar-refractivity contribution in [1.82, 2.24) is 9.80 Å². The Balaban J connectivity index is 0.000000524. The highest BCUT2D eigenvalue weighted by Gasteiger charge is 2.35. The number of ether oxygens (including phenoxy) is 4. The predicted octanol–water partition coefficient (Wildman–Crippen LogP) is 4.99. The van der Waals surface area contributed by atoms with Gasteiger partial charge >= 0.3 is 17.9 Å². The number of nitrogens with zero attached hydrogens (tertiary/aromatic N) is 2. The zero-order valence-corrected chi connectivity index (χ0v) is 31.4. The third-order valence-corrected chi connectivity index (χ3v) is 8.38. The lowest BCUT2D eigenvalue weighted by molar-refractivity contribution is -0.141. The molecule has 284 valence electrons. The zero-order chi connectivity index (χ0) is 40.3. The van der Waals surface area contributed by atoms with Crippen molar-refractivity contribution >= 4 is 91.3 Å². The number of carbonyl (C=O) groups is 8. The lowest BCUT2D eigenvalue weighted by Gasteiger charge is -2.28. The molecule has 14 heteroatoms. The number of methoxy groups -OCH3 is 4. The van der Waals surface area contributed by atoms with Crippen molar-refractivity contribution < 1.29 is 57.3 Å². The number of benzene rings is 5. The van der Waals surface area contributed by atoms with Crippen LogP contribution in [-0.4, -0.2) is 114 Å². The summed E-state index contributed by atoms with van der Waals surface area (Å²) in [7, 11) is 8.53. The lowest BCUT2D eigenvalue weighted by Crippen LogP contribution is -2.43. The normalized spacial score (nSPS) is 11.4. The smallest absolute Gasteiger partial charge is 0.325 e. The van der Waals surface area contributed by atoms with E-state index >= 15 is 0 Å².